The molecule has 0 saturated carbocycles. The molecule has 5 aliphatic heterocycles. The number of Topliss-reactive ketones (excluding diaryl/α,β-unsaturated/α-hetero) is 2. The topological polar surface area (TPSA) is 412 Å². The number of nitrogens with one attached hydrogen (secondary N) is 5. The molecule has 5 aliphatic rings. The Bertz CT molecular complexity index is 1210. The lowest BCUT2D eigenvalue weighted by Gasteiger charge is -2.36. The van der Waals surface area contributed by atoms with Crippen molar-refractivity contribution in [1.82, 2.24) is 0 Å². The number of carbonyl (C=O) groups is 2. The molecule has 10 unspecified atom stereocenters. The van der Waals surface area contributed by atoms with Gasteiger partial charge < -0.3 is 81.8 Å². The summed E-state index contributed by atoms with van der Waals surface area (Å²) in [6.45, 7) is 1.74. The number of aliphatic hydroxyl groups is 3. The second kappa shape index (κ2) is 31.7. The lowest BCUT2D eigenvalue weighted by Crippen LogP contribution is -3.12. The van der Waals surface area contributed by atoms with E-state index in [1.807, 2.05) is 0 Å². The van der Waals surface area contributed by atoms with Crippen LogP contribution in [0.5, 0.6) is 0 Å². The molecule has 5 saturated heterocycles. The number of piperidine rings is 5. The second-order valence-corrected chi connectivity index (χ2v) is 18.4. The zero-order chi connectivity index (χ0) is 45.0. The van der Waals surface area contributed by atoms with E-state index < -0.39 is 69.8 Å². The van der Waals surface area contributed by atoms with E-state index in [4.69, 9.17) is 15.3 Å². The van der Waals surface area contributed by atoms with Crippen molar-refractivity contribution in [3.05, 3.63) is 56.4 Å². The summed E-state index contributed by atoms with van der Waals surface area (Å²) in [6.07, 6.45) is -5.82. The maximum Gasteiger partial charge on any atom is 0.295 e. The molecule has 348 valence electrons. The third-order valence-corrected chi connectivity index (χ3v) is 14.3. The summed E-state index contributed by atoms with van der Waals surface area (Å²) >= 11 is 22.1. The number of hydrogen-bond donors (Lipinski definition) is 8. The van der Waals surface area contributed by atoms with Gasteiger partial charge in [0.05, 0.1) is 66.6 Å². The van der Waals surface area contributed by atoms with Crippen molar-refractivity contribution in [1.29, 1.82) is 0 Å². The molecule has 5 heterocycles. The Kier molecular flexibility index (Phi) is 32.8. The number of carbonyl (C=O) groups excluding carboxylic acids is 2. The van der Waals surface area contributed by atoms with Gasteiger partial charge in [-0.05, 0) is 0 Å². The minimum atomic E-state index is -1.79. The first kappa shape index (κ1) is 61.0. The van der Waals surface area contributed by atoms with Gasteiger partial charge in [-0.25, -0.2) is 0 Å². The van der Waals surface area contributed by atoms with Gasteiger partial charge in [-0.1, -0.05) is 79.6 Å². The Balaban J connectivity index is 0. The molecule has 0 bridgehead atoms. The Morgan fingerprint density at radius 1 is 0.593 bits per heavy atom. The summed E-state index contributed by atoms with van der Waals surface area (Å²) < 4.78 is 0. The molecule has 0 aromatic heterocycles. The first-order valence-corrected chi connectivity index (χ1v) is 25.0. The lowest BCUT2D eigenvalue weighted by molar-refractivity contribution is -0.903. The van der Waals surface area contributed by atoms with E-state index in [1.54, 1.807) is 0 Å². The minimum absolute atomic E-state index is 0. The third-order valence-electron chi connectivity index (χ3n) is 8.31. The highest BCUT2D eigenvalue weighted by Gasteiger charge is 2.49. The van der Waals surface area contributed by atoms with Gasteiger partial charge in [0.2, 0.25) is 6.10 Å². The molecule has 0 spiro atoms. The largest absolute Gasteiger partial charge is 0.634 e. The van der Waals surface area contributed by atoms with Crippen molar-refractivity contribution in [3.63, 3.8) is 0 Å². The molecule has 10 atom stereocenters. The molecular formula is C25H45Br7N8O19. The predicted molar refractivity (Wildman–Crippen MR) is 227 cm³/mol. The Morgan fingerprint density at radius 3 is 1.37 bits per heavy atom. The average molecular weight is 1320 g/mol. The summed E-state index contributed by atoms with van der Waals surface area (Å²) in [7, 11) is 0. The zero-order valence-corrected chi connectivity index (χ0v) is 41.4. The van der Waals surface area contributed by atoms with Crippen molar-refractivity contribution in [2.75, 3.05) is 65.4 Å². The number of alkyl halides is 5. The van der Waals surface area contributed by atoms with Crippen molar-refractivity contribution < 1.29 is 80.5 Å². The van der Waals surface area contributed by atoms with E-state index in [9.17, 15) is 66.0 Å². The van der Waals surface area contributed by atoms with Gasteiger partial charge >= 0.3 is 0 Å². The fourth-order valence-corrected chi connectivity index (χ4v) is 9.32. The molecule has 34 heteroatoms. The van der Waals surface area contributed by atoms with Crippen molar-refractivity contribution in [2.24, 2.45) is 0 Å². The molecule has 5 fully saturated rings. The normalized spacial score (nSPS) is 36.7. The number of rotatable bonds is 5. The molecule has 0 aromatic rings. The smallest absolute Gasteiger partial charge is 0.295 e. The van der Waals surface area contributed by atoms with Gasteiger partial charge in [0.15, 0.2) is 11.9 Å². The summed E-state index contributed by atoms with van der Waals surface area (Å²) in [4.78, 5) is 60.0. The van der Waals surface area contributed by atoms with E-state index in [0.717, 1.165) is 0 Å². The fraction of sp³-hybridized carbons (Fsp3) is 0.920. The van der Waals surface area contributed by atoms with Crippen LogP contribution in [-0.2, 0) is 19.3 Å². The first-order chi connectivity index (χ1) is 26.9. The SMILES string of the molecule is BrBr.O.O=C1C(Br)C[NH+]([O-])CC1Br.O=C1CC[NH+]([O-])CC1.O=[N+]([O-])OC1C[NH+]([O-])CC([N+](=O)[O-])C1O[N+](=O)[O-].[O-][NH+]1CC(Br)C(Br)C(Br)C1.[O-][NH+]1CC(O)C(O)C(O)C1. The van der Waals surface area contributed by atoms with Gasteiger partial charge in [-0.15, -0.1) is 20.2 Å². The van der Waals surface area contributed by atoms with Crippen LogP contribution in [0.25, 0.3) is 0 Å². The molecule has 59 heavy (non-hydrogen) atoms. The van der Waals surface area contributed by atoms with Gasteiger partial charge in [0.25, 0.3) is 16.2 Å². The maximum absolute atomic E-state index is 11.2. The van der Waals surface area contributed by atoms with Crippen molar-refractivity contribution in [2.45, 2.75) is 73.5 Å². The predicted octanol–water partition coefficient (Wildman–Crippen LogP) is -6.60. The molecule has 27 nitrogen and oxygen atoms in total. The van der Waals surface area contributed by atoms with E-state index in [-0.39, 0.29) is 64.6 Å². The van der Waals surface area contributed by atoms with Crippen LogP contribution >= 0.6 is 108 Å². The van der Waals surface area contributed by atoms with E-state index >= 15 is 0 Å². The number of aliphatic hydroxyl groups excluding tert-OH is 3. The van der Waals surface area contributed by atoms with Crippen LogP contribution in [0.1, 0.15) is 12.8 Å². The molecule has 0 radical (unpaired) electrons. The van der Waals surface area contributed by atoms with E-state index in [1.165, 1.54) is 0 Å². The maximum atomic E-state index is 11.2. The van der Waals surface area contributed by atoms with E-state index in [0.29, 0.717) is 62.0 Å². The van der Waals surface area contributed by atoms with Crippen LogP contribution in [0, 0.1) is 56.4 Å². The van der Waals surface area contributed by atoms with E-state index in [2.05, 4.69) is 118 Å². The number of hydrogen-bond acceptors (Lipinski definition) is 18. The quantitative estimate of drug-likeness (QED) is 0.0549. The first-order valence-electron chi connectivity index (χ1n) is 16.7. The molecule has 5 rings (SSSR count). The number of ketones is 2. The van der Waals surface area contributed by atoms with Gasteiger partial charge in [-0.2, -0.15) is 0 Å². The molecule has 0 aromatic carbocycles. The van der Waals surface area contributed by atoms with Crippen LogP contribution < -0.4 is 25.3 Å². The van der Waals surface area contributed by atoms with Crippen LogP contribution in [0.4, 0.5) is 0 Å². The lowest BCUT2D eigenvalue weighted by atomic mass is 10.0. The van der Waals surface area contributed by atoms with Crippen molar-refractivity contribution in [3.8, 4) is 0 Å². The number of nitrogens with zero attached hydrogens (tertiary/aromatic N) is 3. The molecular weight excluding hydrogens is 1280 g/mol. The highest BCUT2D eigenvalue weighted by molar-refractivity contribution is 9.93. The fourth-order valence-electron chi connectivity index (χ4n) is 5.37. The Hall–Kier alpha value is -0.0600. The number of halogens is 7. The highest BCUT2D eigenvalue weighted by Crippen LogP contribution is 2.23. The number of quaternary nitrogens is 5. The van der Waals surface area contributed by atoms with Gasteiger partial charge in [0.1, 0.15) is 59.9 Å². The van der Waals surface area contributed by atoms with Crippen LogP contribution in [-0.4, -0.2) is 174 Å². The van der Waals surface area contributed by atoms with Crippen LogP contribution in [0.3, 0.4) is 0 Å². The van der Waals surface area contributed by atoms with Crippen LogP contribution in [0.2, 0.25) is 0 Å². The highest BCUT2D eigenvalue weighted by atomic mass is 80.9. The zero-order valence-electron chi connectivity index (χ0n) is 30.3. The molecule has 10 N–H and O–H groups in total. The number of hydroxylamine groups is 10. The summed E-state index contributed by atoms with van der Waals surface area (Å²) in [5, 5.41) is 109. The average Bonchev–Trinajstić information content (AvgIpc) is 3.12. The second-order valence-electron chi connectivity index (χ2n) is 12.8. The molecule has 0 aliphatic carbocycles. The summed E-state index contributed by atoms with van der Waals surface area (Å²) in [6, 6.07) is -1.75. The third kappa shape index (κ3) is 24.5. The van der Waals surface area contributed by atoms with Crippen molar-refractivity contribution >= 4 is 119 Å². The Labute approximate surface area is 392 Å². The minimum Gasteiger partial charge on any atom is -0.634 e. The standard InChI is InChI=1S/C5H8Br3NO.C5H7Br2NO2.C5H8N4O9.C5H11NO4.C5H9NO2.Br2.H2O/c6-3-1-9(10)2-4(7)5(3)8;6-3-1-8(10)2-4(7)5(3)9;10-6-1-3(7(11)12)5(18-9(15)16)4(2-6)17-8(13)14;7-3-1-6(10)2-4(8)5(3)9;7-5-1-3-6(8)4-2-5;1-2;/h3-5,9H,1-2H2;3-4,8H,1-2H2;3-6H,1-2H2;3-9H,1-2H2;6H,1-4H2;;1H2. The number of nitro groups is 1. The summed E-state index contributed by atoms with van der Waals surface area (Å²) in [5.74, 6) is 0.323. The van der Waals surface area contributed by atoms with Gasteiger partial charge in [-0.3, -0.25) is 19.7 Å². The Morgan fingerprint density at radius 2 is 0.983 bits per heavy atom. The molecule has 0 amide bonds. The monoisotopic (exact) mass is 1310 g/mol. The van der Waals surface area contributed by atoms with Gasteiger partial charge in [0, 0.05) is 33.2 Å². The summed E-state index contributed by atoms with van der Waals surface area (Å²) in [5.41, 5.74) is 0. The van der Waals surface area contributed by atoms with Crippen LogP contribution in [0.15, 0.2) is 0 Å².